The normalized spacial score (nSPS) is 24.1. The molecule has 1 saturated heterocycles. The number of carbonyl (C=O) groups is 3. The van der Waals surface area contributed by atoms with Crippen molar-refractivity contribution in [2.24, 2.45) is 5.92 Å². The van der Waals surface area contributed by atoms with Gasteiger partial charge in [-0.25, -0.2) is 9.78 Å². The van der Waals surface area contributed by atoms with Gasteiger partial charge < -0.3 is 10.6 Å². The van der Waals surface area contributed by atoms with Gasteiger partial charge in [-0.3, -0.25) is 14.5 Å². The van der Waals surface area contributed by atoms with E-state index in [4.69, 9.17) is 0 Å². The lowest BCUT2D eigenvalue weighted by atomic mass is 9.92. The second-order valence-corrected chi connectivity index (χ2v) is 8.68. The van der Waals surface area contributed by atoms with Crippen LogP contribution in [0.15, 0.2) is 30.3 Å². The van der Waals surface area contributed by atoms with Crippen LogP contribution in [0.4, 0.5) is 9.93 Å². The van der Waals surface area contributed by atoms with E-state index in [0.29, 0.717) is 16.6 Å². The van der Waals surface area contributed by atoms with Gasteiger partial charge in [-0.15, -0.1) is 11.3 Å². The zero-order chi connectivity index (χ0) is 19.9. The molecule has 0 bridgehead atoms. The van der Waals surface area contributed by atoms with Crippen LogP contribution in [0.1, 0.15) is 36.4 Å². The molecule has 28 heavy (non-hydrogen) atoms. The van der Waals surface area contributed by atoms with Crippen molar-refractivity contribution in [3.05, 3.63) is 46.5 Å². The summed E-state index contributed by atoms with van der Waals surface area (Å²) >= 11 is 1.48. The first-order valence-electron chi connectivity index (χ1n) is 9.35. The maximum atomic E-state index is 12.9. The van der Waals surface area contributed by atoms with E-state index in [0.717, 1.165) is 29.9 Å². The monoisotopic (exact) mass is 398 g/mol. The lowest BCUT2D eigenvalue weighted by Crippen LogP contribution is -2.42. The highest BCUT2D eigenvalue weighted by molar-refractivity contribution is 7.15. The number of rotatable bonds is 4. The molecule has 1 fully saturated rings. The number of aryl methyl sites for hydroxylation is 1. The van der Waals surface area contributed by atoms with Gasteiger partial charge in [0.1, 0.15) is 12.1 Å². The van der Waals surface area contributed by atoms with Gasteiger partial charge in [0, 0.05) is 4.88 Å². The lowest BCUT2D eigenvalue weighted by molar-refractivity contribution is -0.133. The van der Waals surface area contributed by atoms with Gasteiger partial charge in [-0.1, -0.05) is 37.3 Å². The number of anilines is 1. The predicted octanol–water partition coefficient (Wildman–Crippen LogP) is 2.67. The van der Waals surface area contributed by atoms with Crippen LogP contribution in [-0.4, -0.2) is 34.3 Å². The van der Waals surface area contributed by atoms with E-state index >= 15 is 0 Å². The molecule has 8 heteroatoms. The summed E-state index contributed by atoms with van der Waals surface area (Å²) in [6.45, 7) is 3.52. The molecule has 1 aromatic heterocycles. The maximum Gasteiger partial charge on any atom is 0.325 e. The average molecular weight is 398 g/mol. The largest absolute Gasteiger partial charge is 0.325 e. The number of amides is 4. The van der Waals surface area contributed by atoms with Crippen molar-refractivity contribution in [1.29, 1.82) is 0 Å². The number of fused-ring (bicyclic) bond motifs is 1. The number of nitrogens with one attached hydrogen (secondary N) is 2. The molecule has 146 valence electrons. The third-order valence-electron chi connectivity index (χ3n) is 5.36. The number of benzene rings is 1. The van der Waals surface area contributed by atoms with Crippen molar-refractivity contribution in [1.82, 2.24) is 15.2 Å². The summed E-state index contributed by atoms with van der Waals surface area (Å²) < 4.78 is 0. The molecule has 0 radical (unpaired) electrons. The number of nitrogens with zero attached hydrogens (tertiary/aromatic N) is 2. The zero-order valence-electron chi connectivity index (χ0n) is 15.8. The smallest absolute Gasteiger partial charge is 0.319 e. The molecule has 7 nitrogen and oxygen atoms in total. The molecule has 1 aromatic carbocycles. The second-order valence-electron chi connectivity index (χ2n) is 7.60. The first kappa shape index (κ1) is 18.6. The molecule has 1 aliphatic heterocycles. The van der Waals surface area contributed by atoms with E-state index in [-0.39, 0.29) is 6.54 Å². The number of imide groups is 1. The quantitative estimate of drug-likeness (QED) is 0.775. The minimum Gasteiger partial charge on any atom is -0.319 e. The van der Waals surface area contributed by atoms with E-state index in [2.05, 4.69) is 22.5 Å². The van der Waals surface area contributed by atoms with Crippen molar-refractivity contribution in [3.8, 4) is 0 Å². The summed E-state index contributed by atoms with van der Waals surface area (Å²) in [6.07, 6.45) is 3.00. The summed E-state index contributed by atoms with van der Waals surface area (Å²) in [7, 11) is 0. The Kier molecular flexibility index (Phi) is 4.66. The Hall–Kier alpha value is -2.74. The molecule has 0 spiro atoms. The molecular formula is C20H22N4O3S. The van der Waals surface area contributed by atoms with E-state index in [1.54, 1.807) is 31.2 Å². The molecule has 2 aromatic rings. The van der Waals surface area contributed by atoms with Crippen LogP contribution in [0.25, 0.3) is 0 Å². The minimum atomic E-state index is -1.17. The fourth-order valence-corrected chi connectivity index (χ4v) is 4.89. The first-order chi connectivity index (χ1) is 13.4. The Labute approximate surface area is 167 Å². The molecule has 2 atom stereocenters. The Morgan fingerprint density at radius 2 is 2.11 bits per heavy atom. The van der Waals surface area contributed by atoms with Crippen molar-refractivity contribution in [3.63, 3.8) is 0 Å². The Bertz CT molecular complexity index is 942. The summed E-state index contributed by atoms with van der Waals surface area (Å²) in [5.74, 6) is -0.246. The highest BCUT2D eigenvalue weighted by Crippen LogP contribution is 2.32. The molecule has 1 aliphatic carbocycles. The summed E-state index contributed by atoms with van der Waals surface area (Å²) in [6, 6.07) is 8.44. The number of carbonyl (C=O) groups excluding carboxylic acids is 3. The van der Waals surface area contributed by atoms with Crippen LogP contribution in [-0.2, 0) is 28.0 Å². The number of hydrogen-bond acceptors (Lipinski definition) is 5. The highest BCUT2D eigenvalue weighted by Gasteiger charge is 2.49. The second kappa shape index (κ2) is 7.01. The van der Waals surface area contributed by atoms with Crippen molar-refractivity contribution < 1.29 is 14.4 Å². The zero-order valence-corrected chi connectivity index (χ0v) is 16.6. The van der Waals surface area contributed by atoms with Crippen LogP contribution >= 0.6 is 11.3 Å². The average Bonchev–Trinajstić information content (AvgIpc) is 3.15. The molecular weight excluding hydrogens is 376 g/mol. The Balaban J connectivity index is 1.45. The molecule has 2 N–H and O–H groups in total. The summed E-state index contributed by atoms with van der Waals surface area (Å²) in [5, 5.41) is 5.98. The van der Waals surface area contributed by atoms with Gasteiger partial charge in [0.15, 0.2) is 5.13 Å². The SMILES string of the molecule is CC1CCc2nc(NC(=O)CN3C(=O)NC(C)(c4ccccc4)C3=O)sc2C1. The fourth-order valence-electron chi connectivity index (χ4n) is 3.70. The molecule has 2 unspecified atom stereocenters. The lowest BCUT2D eigenvalue weighted by Gasteiger charge is -2.21. The Morgan fingerprint density at radius 3 is 2.86 bits per heavy atom. The van der Waals surface area contributed by atoms with Crippen LogP contribution in [0, 0.1) is 5.92 Å². The van der Waals surface area contributed by atoms with Gasteiger partial charge in [0.25, 0.3) is 5.91 Å². The van der Waals surface area contributed by atoms with Crippen LogP contribution in [0.3, 0.4) is 0 Å². The van der Waals surface area contributed by atoms with Gasteiger partial charge >= 0.3 is 6.03 Å². The Morgan fingerprint density at radius 1 is 1.36 bits per heavy atom. The van der Waals surface area contributed by atoms with Crippen LogP contribution in [0.2, 0.25) is 0 Å². The van der Waals surface area contributed by atoms with Gasteiger partial charge in [-0.05, 0) is 37.7 Å². The fraction of sp³-hybridized carbons (Fsp3) is 0.400. The van der Waals surface area contributed by atoms with E-state index in [1.165, 1.54) is 16.2 Å². The molecule has 4 rings (SSSR count). The standard InChI is InChI=1S/C20H22N4O3S/c1-12-8-9-14-15(10-12)28-18(21-14)22-16(25)11-24-17(26)20(2,23-19(24)27)13-6-4-3-5-7-13/h3-7,12H,8-11H2,1-2H3,(H,23,27)(H,21,22,25). The van der Waals surface area contributed by atoms with Crippen LogP contribution < -0.4 is 10.6 Å². The third-order valence-corrected chi connectivity index (χ3v) is 6.40. The van der Waals surface area contributed by atoms with E-state index in [9.17, 15) is 14.4 Å². The molecule has 0 saturated carbocycles. The van der Waals surface area contributed by atoms with Gasteiger partial charge in [-0.2, -0.15) is 0 Å². The molecule has 2 aliphatic rings. The maximum absolute atomic E-state index is 12.9. The highest BCUT2D eigenvalue weighted by atomic mass is 32.1. The van der Waals surface area contributed by atoms with E-state index < -0.39 is 23.4 Å². The summed E-state index contributed by atoms with van der Waals surface area (Å²) in [4.78, 5) is 44.4. The number of hydrogen-bond donors (Lipinski definition) is 2. The van der Waals surface area contributed by atoms with E-state index in [1.807, 2.05) is 6.07 Å². The van der Waals surface area contributed by atoms with Crippen molar-refractivity contribution in [2.75, 3.05) is 11.9 Å². The molecule has 4 amide bonds. The first-order valence-corrected chi connectivity index (χ1v) is 10.2. The predicted molar refractivity (Wildman–Crippen MR) is 106 cm³/mol. The van der Waals surface area contributed by atoms with Gasteiger partial charge in [0.05, 0.1) is 5.69 Å². The summed E-state index contributed by atoms with van der Waals surface area (Å²) in [5.41, 5.74) is 0.553. The number of thiazole rings is 1. The topological polar surface area (TPSA) is 91.4 Å². The molecule has 2 heterocycles. The number of urea groups is 1. The minimum absolute atomic E-state index is 0.340. The van der Waals surface area contributed by atoms with Crippen LogP contribution in [0.5, 0.6) is 0 Å². The van der Waals surface area contributed by atoms with Crippen molar-refractivity contribution >= 4 is 34.3 Å². The third kappa shape index (κ3) is 3.28. The van der Waals surface area contributed by atoms with Gasteiger partial charge in [0.2, 0.25) is 5.91 Å². The number of aromatic nitrogens is 1. The van der Waals surface area contributed by atoms with Crippen molar-refractivity contribution in [2.45, 2.75) is 38.6 Å².